The molecule has 0 atom stereocenters. The molecule has 2 aromatic rings. The Balaban J connectivity index is 2.11. The van der Waals surface area contributed by atoms with E-state index in [4.69, 9.17) is 0 Å². The van der Waals surface area contributed by atoms with Crippen molar-refractivity contribution in [1.29, 1.82) is 0 Å². The molecule has 16 heavy (non-hydrogen) atoms. The van der Waals surface area contributed by atoms with Gasteiger partial charge in [0, 0.05) is 37.4 Å². The van der Waals surface area contributed by atoms with Crippen LogP contribution in [0.15, 0.2) is 17.8 Å². The Hall–Kier alpha value is -1.20. The first kappa shape index (κ1) is 11.3. The van der Waals surface area contributed by atoms with Crippen LogP contribution in [0.5, 0.6) is 0 Å². The van der Waals surface area contributed by atoms with E-state index in [0.717, 1.165) is 23.1 Å². The van der Waals surface area contributed by atoms with Crippen molar-refractivity contribution in [2.24, 2.45) is 7.05 Å². The quantitative estimate of drug-likeness (QED) is 0.883. The fraction of sp³-hybridized carbons (Fsp3) is 0.455. The van der Waals surface area contributed by atoms with Gasteiger partial charge in [0.25, 0.3) is 0 Å². The van der Waals surface area contributed by atoms with Crippen LogP contribution < -0.4 is 5.32 Å². The minimum absolute atomic E-state index is 0.485. The number of thiazole rings is 1. The lowest BCUT2D eigenvalue weighted by Gasteiger charge is -2.04. The second kappa shape index (κ2) is 4.76. The van der Waals surface area contributed by atoms with E-state index in [9.17, 15) is 0 Å². The Morgan fingerprint density at radius 1 is 1.50 bits per heavy atom. The number of imidazole rings is 1. The van der Waals surface area contributed by atoms with Crippen LogP contribution >= 0.6 is 11.3 Å². The lowest BCUT2D eigenvalue weighted by Crippen LogP contribution is -2.21. The van der Waals surface area contributed by atoms with Crippen LogP contribution in [0.25, 0.3) is 10.8 Å². The molecule has 0 saturated carbocycles. The molecule has 2 heterocycles. The maximum atomic E-state index is 4.56. The lowest BCUT2D eigenvalue weighted by atomic mass is 10.4. The molecule has 1 N–H and O–H groups in total. The SMILES string of the molecule is CC(C)NCc1csc(-c2nccn2C)n1. The van der Waals surface area contributed by atoms with Gasteiger partial charge in [0.2, 0.25) is 0 Å². The summed E-state index contributed by atoms with van der Waals surface area (Å²) >= 11 is 1.64. The maximum absolute atomic E-state index is 4.56. The summed E-state index contributed by atoms with van der Waals surface area (Å²) < 4.78 is 1.98. The summed E-state index contributed by atoms with van der Waals surface area (Å²) in [5.41, 5.74) is 1.08. The number of hydrogen-bond donors (Lipinski definition) is 1. The second-order valence-corrected chi connectivity index (χ2v) is 4.90. The molecule has 86 valence electrons. The molecule has 0 aliphatic rings. The highest BCUT2D eigenvalue weighted by atomic mass is 32.1. The summed E-state index contributed by atoms with van der Waals surface area (Å²) in [5, 5.41) is 6.41. The third kappa shape index (κ3) is 2.48. The van der Waals surface area contributed by atoms with Crippen LogP contribution in [-0.2, 0) is 13.6 Å². The van der Waals surface area contributed by atoms with Crippen molar-refractivity contribution < 1.29 is 0 Å². The van der Waals surface area contributed by atoms with Gasteiger partial charge in [0.1, 0.15) is 0 Å². The number of rotatable bonds is 4. The molecule has 2 rings (SSSR count). The first-order valence-electron chi connectivity index (χ1n) is 5.32. The molecule has 5 heteroatoms. The Morgan fingerprint density at radius 2 is 2.31 bits per heavy atom. The molecule has 0 aromatic carbocycles. The minimum Gasteiger partial charge on any atom is -0.332 e. The molecular weight excluding hydrogens is 220 g/mol. The van der Waals surface area contributed by atoms with Crippen LogP contribution in [0.2, 0.25) is 0 Å². The number of hydrogen-bond acceptors (Lipinski definition) is 4. The summed E-state index contributed by atoms with van der Waals surface area (Å²) in [6, 6.07) is 0.485. The van der Waals surface area contributed by atoms with Crippen LogP contribution in [0, 0.1) is 0 Å². The maximum Gasteiger partial charge on any atom is 0.168 e. The van der Waals surface area contributed by atoms with Gasteiger partial charge in [0.15, 0.2) is 10.8 Å². The highest BCUT2D eigenvalue weighted by Gasteiger charge is 2.08. The van der Waals surface area contributed by atoms with Crippen molar-refractivity contribution in [2.75, 3.05) is 0 Å². The lowest BCUT2D eigenvalue weighted by molar-refractivity contribution is 0.583. The van der Waals surface area contributed by atoms with Crippen LogP contribution in [-0.4, -0.2) is 20.6 Å². The Kier molecular flexibility index (Phi) is 3.36. The third-order valence-electron chi connectivity index (χ3n) is 2.26. The first-order valence-corrected chi connectivity index (χ1v) is 6.20. The van der Waals surface area contributed by atoms with Crippen molar-refractivity contribution in [3.05, 3.63) is 23.5 Å². The van der Waals surface area contributed by atoms with E-state index in [0.29, 0.717) is 6.04 Å². The fourth-order valence-corrected chi connectivity index (χ4v) is 2.23. The van der Waals surface area contributed by atoms with E-state index in [2.05, 4.69) is 34.5 Å². The molecular formula is C11H16N4S. The topological polar surface area (TPSA) is 42.7 Å². The predicted molar refractivity (Wildman–Crippen MR) is 66.3 cm³/mol. The molecule has 0 radical (unpaired) electrons. The highest BCUT2D eigenvalue weighted by molar-refractivity contribution is 7.13. The smallest absolute Gasteiger partial charge is 0.168 e. The van der Waals surface area contributed by atoms with E-state index in [1.54, 1.807) is 17.5 Å². The van der Waals surface area contributed by atoms with Gasteiger partial charge in [0.05, 0.1) is 5.69 Å². The van der Waals surface area contributed by atoms with Crippen LogP contribution in [0.1, 0.15) is 19.5 Å². The molecule has 0 aliphatic heterocycles. The van der Waals surface area contributed by atoms with Gasteiger partial charge in [-0.25, -0.2) is 9.97 Å². The Morgan fingerprint density at radius 3 is 2.94 bits per heavy atom. The first-order chi connectivity index (χ1) is 7.66. The average molecular weight is 236 g/mol. The van der Waals surface area contributed by atoms with Crippen molar-refractivity contribution >= 4 is 11.3 Å². The fourth-order valence-electron chi connectivity index (χ4n) is 1.37. The van der Waals surface area contributed by atoms with Gasteiger partial charge in [-0.3, -0.25) is 0 Å². The minimum atomic E-state index is 0.485. The van der Waals surface area contributed by atoms with Crippen molar-refractivity contribution in [1.82, 2.24) is 19.9 Å². The van der Waals surface area contributed by atoms with E-state index < -0.39 is 0 Å². The summed E-state index contributed by atoms with van der Waals surface area (Å²) in [7, 11) is 1.98. The summed E-state index contributed by atoms with van der Waals surface area (Å²) in [6.45, 7) is 5.08. The molecule has 0 unspecified atom stereocenters. The molecule has 0 fully saturated rings. The highest BCUT2D eigenvalue weighted by Crippen LogP contribution is 2.21. The van der Waals surface area contributed by atoms with E-state index in [1.165, 1.54) is 0 Å². The summed E-state index contributed by atoms with van der Waals surface area (Å²) in [6.07, 6.45) is 3.73. The van der Waals surface area contributed by atoms with Gasteiger partial charge in [-0.1, -0.05) is 13.8 Å². The van der Waals surface area contributed by atoms with Gasteiger partial charge in [-0.15, -0.1) is 11.3 Å². The van der Waals surface area contributed by atoms with Crippen molar-refractivity contribution in [2.45, 2.75) is 26.4 Å². The second-order valence-electron chi connectivity index (χ2n) is 4.04. The van der Waals surface area contributed by atoms with Crippen LogP contribution in [0.3, 0.4) is 0 Å². The zero-order valence-corrected chi connectivity index (χ0v) is 10.6. The van der Waals surface area contributed by atoms with Gasteiger partial charge in [-0.2, -0.15) is 0 Å². The molecule has 0 saturated heterocycles. The number of nitrogens with zero attached hydrogens (tertiary/aromatic N) is 3. The Labute approximate surface area is 99.4 Å². The van der Waals surface area contributed by atoms with Crippen molar-refractivity contribution in [3.8, 4) is 10.8 Å². The molecule has 0 spiro atoms. The normalized spacial score (nSPS) is 11.2. The van der Waals surface area contributed by atoms with Gasteiger partial charge < -0.3 is 9.88 Å². The number of aryl methyl sites for hydroxylation is 1. The standard InChI is InChI=1S/C11H16N4S/c1-8(2)13-6-9-7-16-11(14-9)10-12-4-5-15(10)3/h4-5,7-8,13H,6H2,1-3H3. The molecule has 0 bridgehead atoms. The van der Waals surface area contributed by atoms with Crippen molar-refractivity contribution in [3.63, 3.8) is 0 Å². The average Bonchev–Trinajstić information content (AvgIpc) is 2.83. The predicted octanol–water partition coefficient (Wildman–Crippen LogP) is 2.04. The number of aromatic nitrogens is 3. The van der Waals surface area contributed by atoms with Crippen LogP contribution in [0.4, 0.5) is 0 Å². The number of nitrogens with one attached hydrogen (secondary N) is 1. The third-order valence-corrected chi connectivity index (χ3v) is 3.14. The molecule has 0 amide bonds. The monoisotopic (exact) mass is 236 g/mol. The van der Waals surface area contributed by atoms with E-state index in [-0.39, 0.29) is 0 Å². The van der Waals surface area contributed by atoms with Gasteiger partial charge in [-0.05, 0) is 0 Å². The molecule has 4 nitrogen and oxygen atoms in total. The zero-order valence-electron chi connectivity index (χ0n) is 9.77. The molecule has 2 aromatic heterocycles. The molecule has 0 aliphatic carbocycles. The summed E-state index contributed by atoms with van der Waals surface area (Å²) in [5.74, 6) is 0.931. The van der Waals surface area contributed by atoms with E-state index >= 15 is 0 Å². The zero-order chi connectivity index (χ0) is 11.5. The largest absolute Gasteiger partial charge is 0.332 e. The van der Waals surface area contributed by atoms with Gasteiger partial charge >= 0.3 is 0 Å². The van der Waals surface area contributed by atoms with E-state index in [1.807, 2.05) is 17.8 Å². The Bertz CT molecular complexity index is 458. The summed E-state index contributed by atoms with van der Waals surface area (Å²) in [4.78, 5) is 8.84.